The predicted molar refractivity (Wildman–Crippen MR) is 86.8 cm³/mol. The first-order valence-electron chi connectivity index (χ1n) is 8.75. The van der Waals surface area contributed by atoms with E-state index in [1.165, 1.54) is 19.2 Å². The number of hydrogen-bond acceptors (Lipinski definition) is 5. The Bertz CT molecular complexity index is 513. The molecule has 6 heteroatoms. The lowest BCUT2D eigenvalue weighted by atomic mass is 9.75. The number of hydrogen-bond donors (Lipinski definition) is 2. The Morgan fingerprint density at radius 2 is 2.00 bits per heavy atom. The van der Waals surface area contributed by atoms with Crippen molar-refractivity contribution in [1.29, 1.82) is 0 Å². The number of nitrogens with zero attached hydrogens (tertiary/aromatic N) is 2. The zero-order chi connectivity index (χ0) is 16.4. The molecule has 1 heterocycles. The molecular formula is C17H28N4O2. The molecule has 2 saturated carbocycles. The minimum Gasteiger partial charge on any atom is -0.428 e. The molecule has 3 rings (SSSR count). The molecule has 128 valence electrons. The first-order valence-corrected chi connectivity index (χ1v) is 8.75. The van der Waals surface area contributed by atoms with Crippen molar-refractivity contribution in [1.82, 2.24) is 20.8 Å². The number of aromatic nitrogens is 2. The zero-order valence-electron chi connectivity index (χ0n) is 14.3. The second-order valence-corrected chi connectivity index (χ2v) is 7.98. The molecule has 1 aromatic rings. The van der Waals surface area contributed by atoms with Crippen LogP contribution in [0.25, 0.3) is 0 Å². The van der Waals surface area contributed by atoms with Crippen LogP contribution in [-0.2, 0) is 4.79 Å². The SMILES string of the molecule is C[C@@H](NC1CCC(C)(C)CC1)C(=O)N[C@H]1C[C@H](c2nnco2)C1. The molecule has 0 aliphatic heterocycles. The molecule has 1 atom stereocenters. The van der Waals surface area contributed by atoms with Crippen molar-refractivity contribution in [3.05, 3.63) is 12.3 Å². The number of amides is 1. The molecule has 2 N–H and O–H groups in total. The van der Waals surface area contributed by atoms with Crippen LogP contribution >= 0.6 is 0 Å². The number of carbonyl (C=O) groups is 1. The van der Waals surface area contributed by atoms with Gasteiger partial charge in [0.25, 0.3) is 0 Å². The summed E-state index contributed by atoms with van der Waals surface area (Å²) in [6.45, 7) is 6.62. The van der Waals surface area contributed by atoms with Crippen molar-refractivity contribution in [2.75, 3.05) is 0 Å². The van der Waals surface area contributed by atoms with Gasteiger partial charge >= 0.3 is 0 Å². The maximum atomic E-state index is 12.3. The Morgan fingerprint density at radius 1 is 1.30 bits per heavy atom. The van der Waals surface area contributed by atoms with Crippen molar-refractivity contribution in [3.8, 4) is 0 Å². The van der Waals surface area contributed by atoms with Gasteiger partial charge in [-0.2, -0.15) is 0 Å². The van der Waals surface area contributed by atoms with E-state index >= 15 is 0 Å². The van der Waals surface area contributed by atoms with Crippen molar-refractivity contribution >= 4 is 5.91 Å². The fraction of sp³-hybridized carbons (Fsp3) is 0.824. The topological polar surface area (TPSA) is 80.0 Å². The smallest absolute Gasteiger partial charge is 0.237 e. The molecule has 0 aromatic carbocycles. The van der Waals surface area contributed by atoms with Crippen LogP contribution in [-0.4, -0.2) is 34.2 Å². The van der Waals surface area contributed by atoms with Crippen LogP contribution in [0.15, 0.2) is 10.8 Å². The summed E-state index contributed by atoms with van der Waals surface area (Å²) in [5, 5.41) is 14.3. The molecule has 0 saturated heterocycles. The van der Waals surface area contributed by atoms with Gasteiger partial charge in [0, 0.05) is 18.0 Å². The first kappa shape index (κ1) is 16.4. The van der Waals surface area contributed by atoms with Crippen molar-refractivity contribution in [3.63, 3.8) is 0 Å². The molecule has 23 heavy (non-hydrogen) atoms. The monoisotopic (exact) mass is 320 g/mol. The van der Waals surface area contributed by atoms with Crippen molar-refractivity contribution < 1.29 is 9.21 Å². The normalized spacial score (nSPS) is 28.8. The number of carbonyl (C=O) groups excluding carboxylic acids is 1. The molecule has 2 fully saturated rings. The van der Waals surface area contributed by atoms with Crippen LogP contribution in [0.4, 0.5) is 0 Å². The average molecular weight is 320 g/mol. The van der Waals surface area contributed by atoms with Crippen LogP contribution < -0.4 is 10.6 Å². The highest BCUT2D eigenvalue weighted by atomic mass is 16.4. The third kappa shape index (κ3) is 4.10. The van der Waals surface area contributed by atoms with Gasteiger partial charge in [-0.3, -0.25) is 4.79 Å². The number of rotatable bonds is 5. The molecule has 0 bridgehead atoms. The maximum Gasteiger partial charge on any atom is 0.237 e. The fourth-order valence-corrected chi connectivity index (χ4v) is 3.62. The highest BCUT2D eigenvalue weighted by Crippen LogP contribution is 2.36. The van der Waals surface area contributed by atoms with E-state index in [9.17, 15) is 4.79 Å². The molecular weight excluding hydrogens is 292 g/mol. The van der Waals surface area contributed by atoms with E-state index < -0.39 is 0 Å². The lowest BCUT2D eigenvalue weighted by Gasteiger charge is -2.37. The Morgan fingerprint density at radius 3 is 2.61 bits per heavy atom. The van der Waals surface area contributed by atoms with E-state index in [0.717, 1.165) is 25.7 Å². The summed E-state index contributed by atoms with van der Waals surface area (Å²) in [4.78, 5) is 12.3. The van der Waals surface area contributed by atoms with E-state index in [1.54, 1.807) is 0 Å². The van der Waals surface area contributed by atoms with Crippen molar-refractivity contribution in [2.24, 2.45) is 5.41 Å². The average Bonchev–Trinajstić information content (AvgIpc) is 2.98. The Kier molecular flexibility index (Phi) is 4.71. The van der Waals surface area contributed by atoms with E-state index in [2.05, 4.69) is 34.7 Å². The predicted octanol–water partition coefficient (Wildman–Crippen LogP) is 2.38. The largest absolute Gasteiger partial charge is 0.428 e. The Hall–Kier alpha value is -1.43. The molecule has 0 spiro atoms. The zero-order valence-corrected chi connectivity index (χ0v) is 14.3. The van der Waals surface area contributed by atoms with Crippen LogP contribution in [0.1, 0.15) is 71.1 Å². The maximum absolute atomic E-state index is 12.3. The summed E-state index contributed by atoms with van der Waals surface area (Å²) in [6, 6.07) is 0.564. The van der Waals surface area contributed by atoms with Crippen LogP contribution in [0, 0.1) is 5.41 Å². The quantitative estimate of drug-likeness (QED) is 0.870. The number of nitrogens with one attached hydrogen (secondary N) is 2. The van der Waals surface area contributed by atoms with Gasteiger partial charge < -0.3 is 15.1 Å². The van der Waals surface area contributed by atoms with Crippen LogP contribution in [0.3, 0.4) is 0 Å². The van der Waals surface area contributed by atoms with Gasteiger partial charge in [0.2, 0.25) is 18.2 Å². The fourth-order valence-electron chi connectivity index (χ4n) is 3.62. The molecule has 1 amide bonds. The standard InChI is InChI=1S/C17H28N4O2/c1-11(19-13-4-6-17(2,3)7-5-13)15(22)20-14-8-12(9-14)16-21-18-10-23-16/h10-14,19H,4-9H2,1-3H3,(H,20,22)/t11-,12-,14-/m1/s1. The van der Waals surface area contributed by atoms with Gasteiger partial charge in [-0.15, -0.1) is 10.2 Å². The minimum absolute atomic E-state index is 0.101. The third-order valence-electron chi connectivity index (χ3n) is 5.43. The minimum atomic E-state index is -0.135. The van der Waals surface area contributed by atoms with Gasteiger partial charge in [-0.1, -0.05) is 13.8 Å². The first-order chi connectivity index (χ1) is 10.9. The summed E-state index contributed by atoms with van der Waals surface area (Å²) in [6.07, 6.45) is 7.91. The summed E-state index contributed by atoms with van der Waals surface area (Å²) in [7, 11) is 0. The van der Waals surface area contributed by atoms with Crippen LogP contribution in [0.5, 0.6) is 0 Å². The van der Waals surface area contributed by atoms with Crippen LogP contribution in [0.2, 0.25) is 0 Å². The molecule has 0 unspecified atom stereocenters. The Balaban J connectivity index is 1.37. The van der Waals surface area contributed by atoms with Gasteiger partial charge in [0.05, 0.1) is 6.04 Å². The second kappa shape index (κ2) is 6.59. The summed E-state index contributed by atoms with van der Waals surface area (Å²) >= 11 is 0. The Labute approximate surface area is 137 Å². The summed E-state index contributed by atoms with van der Waals surface area (Å²) < 4.78 is 5.21. The van der Waals surface area contributed by atoms with E-state index in [4.69, 9.17) is 4.42 Å². The molecule has 1 aromatic heterocycles. The van der Waals surface area contributed by atoms with Gasteiger partial charge in [0.1, 0.15) is 0 Å². The molecule has 6 nitrogen and oxygen atoms in total. The molecule has 2 aliphatic carbocycles. The molecule has 0 radical (unpaired) electrons. The highest BCUT2D eigenvalue weighted by molar-refractivity contribution is 5.81. The van der Waals surface area contributed by atoms with Gasteiger partial charge in [-0.05, 0) is 50.9 Å². The van der Waals surface area contributed by atoms with E-state index in [1.807, 2.05) is 6.92 Å². The summed E-state index contributed by atoms with van der Waals surface area (Å²) in [5.41, 5.74) is 0.458. The summed E-state index contributed by atoms with van der Waals surface area (Å²) in [5.74, 6) is 1.09. The van der Waals surface area contributed by atoms with E-state index in [-0.39, 0.29) is 18.0 Å². The highest BCUT2D eigenvalue weighted by Gasteiger charge is 2.35. The van der Waals surface area contributed by atoms with Gasteiger partial charge in [-0.25, -0.2) is 0 Å². The molecule has 2 aliphatic rings. The third-order valence-corrected chi connectivity index (χ3v) is 5.43. The lowest BCUT2D eigenvalue weighted by Crippen LogP contribution is -2.52. The van der Waals surface area contributed by atoms with Gasteiger partial charge in [0.15, 0.2) is 0 Å². The second-order valence-electron chi connectivity index (χ2n) is 7.98. The lowest BCUT2D eigenvalue weighted by molar-refractivity contribution is -0.124. The van der Waals surface area contributed by atoms with Crippen molar-refractivity contribution in [2.45, 2.75) is 83.3 Å². The van der Waals surface area contributed by atoms with E-state index in [0.29, 0.717) is 23.3 Å².